The van der Waals surface area contributed by atoms with Gasteiger partial charge in [0, 0.05) is 16.9 Å². The molecule has 0 spiro atoms. The first kappa shape index (κ1) is 20.7. The van der Waals surface area contributed by atoms with Crippen LogP contribution >= 0.6 is 15.9 Å². The Labute approximate surface area is 175 Å². The number of hydrogen-bond donors (Lipinski definition) is 1. The molecule has 0 atom stereocenters. The number of pyridine rings is 1. The van der Waals surface area contributed by atoms with Crippen LogP contribution in [-0.4, -0.2) is 13.4 Å². The number of rotatable bonds is 5. The molecule has 0 amide bonds. The maximum absolute atomic E-state index is 13.1. The number of nitrogens with one attached hydrogen (secondary N) is 1. The highest BCUT2D eigenvalue weighted by Crippen LogP contribution is 2.30. The third-order valence-electron chi connectivity index (χ3n) is 4.74. The third kappa shape index (κ3) is 4.35. The summed E-state index contributed by atoms with van der Waals surface area (Å²) >= 11 is 3.36. The fraction of sp³-hybridized carbons (Fsp3) is 0.227. The molecular formula is C22H23BrN2O2S. The highest BCUT2D eigenvalue weighted by atomic mass is 79.9. The first-order valence-electron chi connectivity index (χ1n) is 8.92. The Morgan fingerprint density at radius 1 is 1.00 bits per heavy atom. The van der Waals surface area contributed by atoms with Gasteiger partial charge in [-0.25, -0.2) is 13.1 Å². The zero-order chi connectivity index (χ0) is 20.5. The largest absolute Gasteiger partial charge is 0.264 e. The van der Waals surface area contributed by atoms with E-state index in [2.05, 4.69) is 25.6 Å². The average molecular weight is 459 g/mol. The number of nitrogens with zero attached hydrogens (tertiary/aromatic N) is 1. The van der Waals surface area contributed by atoms with Gasteiger partial charge < -0.3 is 0 Å². The second-order valence-corrected chi connectivity index (χ2v) is 9.98. The van der Waals surface area contributed by atoms with Crippen LogP contribution in [0.2, 0.25) is 0 Å². The Bertz CT molecular complexity index is 1120. The fourth-order valence-corrected chi connectivity index (χ4v) is 5.37. The van der Waals surface area contributed by atoms with Crippen molar-refractivity contribution in [1.29, 1.82) is 0 Å². The Morgan fingerprint density at radius 2 is 1.75 bits per heavy atom. The van der Waals surface area contributed by atoms with Crippen molar-refractivity contribution in [3.8, 4) is 11.1 Å². The second-order valence-electron chi connectivity index (χ2n) is 7.41. The standard InChI is InChI=1S/C22H23BrN2O2S/c1-15-8-9-19(23)13-21(15)28(26,27)25-22(3,4)18-7-5-6-17(12-18)20-10-11-24-14-16(20)2/h5-14,25H,1-4H3. The van der Waals surface area contributed by atoms with Crippen LogP contribution in [0.3, 0.4) is 0 Å². The zero-order valence-electron chi connectivity index (χ0n) is 16.3. The second kappa shape index (κ2) is 7.78. The molecule has 0 unspecified atom stereocenters. The number of hydrogen-bond acceptors (Lipinski definition) is 3. The molecule has 28 heavy (non-hydrogen) atoms. The van der Waals surface area contributed by atoms with Gasteiger partial charge in [0.05, 0.1) is 10.4 Å². The number of aryl methyl sites for hydroxylation is 2. The highest BCUT2D eigenvalue weighted by molar-refractivity contribution is 9.10. The lowest BCUT2D eigenvalue weighted by molar-refractivity contribution is 0.472. The fourth-order valence-electron chi connectivity index (χ4n) is 3.19. The summed E-state index contributed by atoms with van der Waals surface area (Å²) in [7, 11) is -3.69. The zero-order valence-corrected chi connectivity index (χ0v) is 18.7. The Kier molecular flexibility index (Phi) is 5.75. The van der Waals surface area contributed by atoms with Crippen LogP contribution in [0.25, 0.3) is 11.1 Å². The van der Waals surface area contributed by atoms with Gasteiger partial charge in [0.2, 0.25) is 10.0 Å². The van der Waals surface area contributed by atoms with Gasteiger partial charge in [-0.05, 0) is 79.8 Å². The van der Waals surface area contributed by atoms with E-state index < -0.39 is 15.6 Å². The molecule has 3 rings (SSSR count). The molecule has 146 valence electrons. The third-order valence-corrected chi connectivity index (χ3v) is 7.04. The van der Waals surface area contributed by atoms with Crippen molar-refractivity contribution < 1.29 is 8.42 Å². The van der Waals surface area contributed by atoms with Crippen molar-refractivity contribution in [2.24, 2.45) is 0 Å². The molecule has 0 aliphatic rings. The van der Waals surface area contributed by atoms with Crippen LogP contribution in [0.5, 0.6) is 0 Å². The normalized spacial score (nSPS) is 12.2. The minimum Gasteiger partial charge on any atom is -0.264 e. The summed E-state index contributed by atoms with van der Waals surface area (Å²) in [5, 5.41) is 0. The maximum atomic E-state index is 13.1. The first-order valence-corrected chi connectivity index (χ1v) is 11.2. The van der Waals surface area contributed by atoms with Gasteiger partial charge in [-0.3, -0.25) is 4.98 Å². The number of benzene rings is 2. The lowest BCUT2D eigenvalue weighted by atomic mass is 9.92. The van der Waals surface area contributed by atoms with Crippen molar-refractivity contribution in [2.45, 2.75) is 38.1 Å². The van der Waals surface area contributed by atoms with Crippen LogP contribution in [0, 0.1) is 13.8 Å². The SMILES string of the molecule is Cc1cnccc1-c1cccc(C(C)(C)NS(=O)(=O)c2cc(Br)ccc2C)c1. The predicted octanol–water partition coefficient (Wildman–Crippen LogP) is 5.34. The molecule has 6 heteroatoms. The quantitative estimate of drug-likeness (QED) is 0.560. The lowest BCUT2D eigenvalue weighted by Crippen LogP contribution is -2.41. The minimum atomic E-state index is -3.69. The molecule has 1 heterocycles. The molecule has 0 fully saturated rings. The topological polar surface area (TPSA) is 59.1 Å². The van der Waals surface area contributed by atoms with Gasteiger partial charge in [-0.1, -0.05) is 40.2 Å². The van der Waals surface area contributed by atoms with Crippen molar-refractivity contribution in [1.82, 2.24) is 9.71 Å². The van der Waals surface area contributed by atoms with Gasteiger partial charge in [0.15, 0.2) is 0 Å². The van der Waals surface area contributed by atoms with Crippen molar-refractivity contribution in [3.05, 3.63) is 82.1 Å². The average Bonchev–Trinajstić information content (AvgIpc) is 2.63. The number of halogens is 1. The van der Waals surface area contributed by atoms with E-state index in [0.717, 1.165) is 26.7 Å². The molecular weight excluding hydrogens is 436 g/mol. The maximum Gasteiger partial charge on any atom is 0.241 e. The molecule has 3 aromatic rings. The van der Waals surface area contributed by atoms with E-state index in [1.807, 2.05) is 63.4 Å². The molecule has 0 aliphatic heterocycles. The van der Waals surface area contributed by atoms with Gasteiger partial charge in [-0.15, -0.1) is 0 Å². The summed E-state index contributed by atoms with van der Waals surface area (Å²) < 4.78 is 29.7. The molecule has 4 nitrogen and oxygen atoms in total. The molecule has 0 saturated heterocycles. The molecule has 0 bridgehead atoms. The van der Waals surface area contributed by atoms with E-state index in [4.69, 9.17) is 0 Å². The monoisotopic (exact) mass is 458 g/mol. The molecule has 2 aromatic carbocycles. The minimum absolute atomic E-state index is 0.274. The number of aromatic nitrogens is 1. The molecule has 1 N–H and O–H groups in total. The van der Waals surface area contributed by atoms with Gasteiger partial charge >= 0.3 is 0 Å². The van der Waals surface area contributed by atoms with Crippen LogP contribution in [0.4, 0.5) is 0 Å². The van der Waals surface area contributed by atoms with Crippen LogP contribution in [0.15, 0.2) is 70.3 Å². The van der Waals surface area contributed by atoms with Gasteiger partial charge in [-0.2, -0.15) is 0 Å². The van der Waals surface area contributed by atoms with Crippen molar-refractivity contribution >= 4 is 26.0 Å². The van der Waals surface area contributed by atoms with Gasteiger partial charge in [0.1, 0.15) is 0 Å². The van der Waals surface area contributed by atoms with Crippen LogP contribution in [0.1, 0.15) is 30.5 Å². The Hall–Kier alpha value is -2.02. The molecule has 1 aromatic heterocycles. The summed E-state index contributed by atoms with van der Waals surface area (Å²) in [4.78, 5) is 4.42. The Morgan fingerprint density at radius 3 is 2.46 bits per heavy atom. The summed E-state index contributed by atoms with van der Waals surface area (Å²) in [6.07, 6.45) is 3.59. The van der Waals surface area contributed by atoms with E-state index in [9.17, 15) is 8.42 Å². The number of sulfonamides is 1. The smallest absolute Gasteiger partial charge is 0.241 e. The summed E-state index contributed by atoms with van der Waals surface area (Å²) in [5.74, 6) is 0. The highest BCUT2D eigenvalue weighted by Gasteiger charge is 2.29. The summed E-state index contributed by atoms with van der Waals surface area (Å²) in [6.45, 7) is 7.55. The summed E-state index contributed by atoms with van der Waals surface area (Å²) in [5.41, 5.74) is 3.99. The predicted molar refractivity (Wildman–Crippen MR) is 117 cm³/mol. The van der Waals surface area contributed by atoms with E-state index in [1.165, 1.54) is 0 Å². The van der Waals surface area contributed by atoms with E-state index in [1.54, 1.807) is 25.3 Å². The molecule has 0 aliphatic carbocycles. The van der Waals surface area contributed by atoms with Gasteiger partial charge in [0.25, 0.3) is 0 Å². The Balaban J connectivity index is 1.98. The lowest BCUT2D eigenvalue weighted by Gasteiger charge is -2.27. The first-order chi connectivity index (χ1) is 13.1. The van der Waals surface area contributed by atoms with E-state index in [-0.39, 0.29) is 4.90 Å². The molecule has 0 radical (unpaired) electrons. The molecule has 0 saturated carbocycles. The van der Waals surface area contributed by atoms with Crippen LogP contribution in [-0.2, 0) is 15.6 Å². The van der Waals surface area contributed by atoms with Crippen molar-refractivity contribution in [3.63, 3.8) is 0 Å². The van der Waals surface area contributed by atoms with Crippen molar-refractivity contribution in [2.75, 3.05) is 0 Å². The van der Waals surface area contributed by atoms with E-state index >= 15 is 0 Å². The van der Waals surface area contributed by atoms with E-state index in [0.29, 0.717) is 5.56 Å². The summed E-state index contributed by atoms with van der Waals surface area (Å²) in [6, 6.07) is 15.2. The van der Waals surface area contributed by atoms with Crippen LogP contribution < -0.4 is 4.72 Å².